The van der Waals surface area contributed by atoms with Crippen molar-refractivity contribution in [3.05, 3.63) is 53.5 Å². The van der Waals surface area contributed by atoms with E-state index < -0.39 is 0 Å². The van der Waals surface area contributed by atoms with Crippen molar-refractivity contribution < 1.29 is 18.7 Å². The van der Waals surface area contributed by atoms with Gasteiger partial charge in [0.05, 0.1) is 6.61 Å². The summed E-state index contributed by atoms with van der Waals surface area (Å²) in [4.78, 5) is 12.1. The summed E-state index contributed by atoms with van der Waals surface area (Å²) in [6, 6.07) is 10.8. The maximum absolute atomic E-state index is 12.1. The summed E-state index contributed by atoms with van der Waals surface area (Å²) in [7, 11) is 3.19. The summed E-state index contributed by atoms with van der Waals surface area (Å²) >= 11 is 0. The molecule has 0 fully saturated rings. The predicted octanol–water partition coefficient (Wildman–Crippen LogP) is 2.82. The van der Waals surface area contributed by atoms with Crippen molar-refractivity contribution in [2.75, 3.05) is 19.5 Å². The zero-order valence-electron chi connectivity index (χ0n) is 11.5. The Morgan fingerprint density at radius 1 is 1.10 bits per heavy atom. The third-order valence-electron chi connectivity index (χ3n) is 2.74. The molecule has 5 nitrogen and oxygen atoms in total. The van der Waals surface area contributed by atoms with Crippen LogP contribution in [0.5, 0.6) is 0 Å². The fourth-order valence-electron chi connectivity index (χ4n) is 1.83. The van der Waals surface area contributed by atoms with E-state index in [2.05, 4.69) is 5.32 Å². The van der Waals surface area contributed by atoms with Crippen molar-refractivity contribution in [1.29, 1.82) is 0 Å². The van der Waals surface area contributed by atoms with Gasteiger partial charge in [-0.3, -0.25) is 4.79 Å². The van der Waals surface area contributed by atoms with Gasteiger partial charge >= 0.3 is 0 Å². The summed E-state index contributed by atoms with van der Waals surface area (Å²) in [6.07, 6.45) is 0. The molecule has 2 aromatic rings. The average molecular weight is 275 g/mol. The summed E-state index contributed by atoms with van der Waals surface area (Å²) in [6.45, 7) is 0.775. The summed E-state index contributed by atoms with van der Waals surface area (Å²) in [5.41, 5.74) is 1.62. The lowest BCUT2D eigenvalue weighted by Crippen LogP contribution is -2.12. The Morgan fingerprint density at radius 2 is 1.85 bits per heavy atom. The van der Waals surface area contributed by atoms with E-state index in [-0.39, 0.29) is 11.7 Å². The Kier molecular flexibility index (Phi) is 4.92. The quantitative estimate of drug-likeness (QED) is 0.880. The van der Waals surface area contributed by atoms with Crippen LogP contribution in [0.2, 0.25) is 0 Å². The maximum atomic E-state index is 12.1. The second-order valence-corrected chi connectivity index (χ2v) is 4.24. The van der Waals surface area contributed by atoms with Crippen LogP contribution in [0.25, 0.3) is 0 Å². The van der Waals surface area contributed by atoms with E-state index in [0.29, 0.717) is 24.7 Å². The SMILES string of the molecule is COCc1ccc(C(=O)Nc2ccccc2COC)o1. The number of hydrogen-bond acceptors (Lipinski definition) is 4. The molecule has 1 N–H and O–H groups in total. The number of carbonyl (C=O) groups excluding carboxylic acids is 1. The third-order valence-corrected chi connectivity index (χ3v) is 2.74. The van der Waals surface area contributed by atoms with Crippen molar-refractivity contribution in [3.63, 3.8) is 0 Å². The van der Waals surface area contributed by atoms with E-state index in [1.807, 2.05) is 24.3 Å². The van der Waals surface area contributed by atoms with Gasteiger partial charge < -0.3 is 19.2 Å². The molecule has 0 atom stereocenters. The van der Waals surface area contributed by atoms with E-state index in [4.69, 9.17) is 13.9 Å². The number of nitrogens with one attached hydrogen (secondary N) is 1. The fraction of sp³-hybridized carbons (Fsp3) is 0.267. The zero-order valence-corrected chi connectivity index (χ0v) is 11.5. The Labute approximate surface area is 117 Å². The molecule has 0 aliphatic rings. The van der Waals surface area contributed by atoms with Gasteiger partial charge in [-0.25, -0.2) is 0 Å². The van der Waals surface area contributed by atoms with Gasteiger partial charge in [0.2, 0.25) is 0 Å². The number of carbonyl (C=O) groups is 1. The first kappa shape index (κ1) is 14.3. The number of rotatable bonds is 6. The molecule has 1 aromatic heterocycles. The van der Waals surface area contributed by atoms with Gasteiger partial charge in [0.1, 0.15) is 12.4 Å². The number of amides is 1. The molecular formula is C15H17NO4. The molecule has 0 radical (unpaired) electrons. The first-order chi connectivity index (χ1) is 9.74. The van der Waals surface area contributed by atoms with E-state index in [0.717, 1.165) is 5.56 Å². The van der Waals surface area contributed by atoms with Crippen LogP contribution in [-0.4, -0.2) is 20.1 Å². The lowest BCUT2D eigenvalue weighted by molar-refractivity contribution is 0.0987. The second-order valence-electron chi connectivity index (χ2n) is 4.24. The number of hydrogen-bond donors (Lipinski definition) is 1. The predicted molar refractivity (Wildman–Crippen MR) is 74.5 cm³/mol. The first-order valence-electron chi connectivity index (χ1n) is 6.20. The van der Waals surface area contributed by atoms with E-state index >= 15 is 0 Å². The molecule has 0 saturated heterocycles. The Morgan fingerprint density at radius 3 is 2.60 bits per heavy atom. The van der Waals surface area contributed by atoms with Crippen molar-refractivity contribution in [1.82, 2.24) is 0 Å². The minimum atomic E-state index is -0.295. The monoisotopic (exact) mass is 275 g/mol. The Hall–Kier alpha value is -2.11. The highest BCUT2D eigenvalue weighted by atomic mass is 16.5. The zero-order chi connectivity index (χ0) is 14.4. The second kappa shape index (κ2) is 6.88. The van der Waals surface area contributed by atoms with Gasteiger partial charge in [-0.05, 0) is 18.2 Å². The minimum absolute atomic E-state index is 0.254. The van der Waals surface area contributed by atoms with E-state index in [9.17, 15) is 4.79 Å². The topological polar surface area (TPSA) is 60.7 Å². The van der Waals surface area contributed by atoms with Crippen LogP contribution >= 0.6 is 0 Å². The molecule has 0 bridgehead atoms. The largest absolute Gasteiger partial charge is 0.453 e. The molecule has 5 heteroatoms. The van der Waals surface area contributed by atoms with Crippen LogP contribution in [0.4, 0.5) is 5.69 Å². The molecule has 2 rings (SSSR count). The molecule has 1 aromatic carbocycles. The minimum Gasteiger partial charge on any atom is -0.453 e. The summed E-state index contributed by atoms with van der Waals surface area (Å²) in [5, 5.41) is 2.81. The van der Waals surface area contributed by atoms with E-state index in [1.165, 1.54) is 0 Å². The van der Waals surface area contributed by atoms with Gasteiger partial charge in [0.15, 0.2) is 5.76 Å². The van der Waals surface area contributed by atoms with Crippen molar-refractivity contribution >= 4 is 11.6 Å². The van der Waals surface area contributed by atoms with Gasteiger partial charge in [-0.15, -0.1) is 0 Å². The number of ether oxygens (including phenoxy) is 2. The fourth-order valence-corrected chi connectivity index (χ4v) is 1.83. The number of benzene rings is 1. The van der Waals surface area contributed by atoms with Crippen molar-refractivity contribution in [3.8, 4) is 0 Å². The molecular weight excluding hydrogens is 258 g/mol. The third kappa shape index (κ3) is 3.46. The van der Waals surface area contributed by atoms with Gasteiger partial charge in [-0.2, -0.15) is 0 Å². The molecule has 0 aliphatic heterocycles. The standard InChI is InChI=1S/C15H17NO4/c1-18-9-11-5-3-4-6-13(11)16-15(17)14-8-7-12(20-14)10-19-2/h3-8H,9-10H2,1-2H3,(H,16,17). The normalized spacial score (nSPS) is 10.5. The van der Waals surface area contributed by atoms with E-state index in [1.54, 1.807) is 26.4 Å². The summed E-state index contributed by atoms with van der Waals surface area (Å²) < 4.78 is 15.4. The molecule has 0 saturated carbocycles. The smallest absolute Gasteiger partial charge is 0.291 e. The molecule has 0 unspecified atom stereocenters. The van der Waals surface area contributed by atoms with Crippen LogP contribution in [0.1, 0.15) is 21.9 Å². The number of methoxy groups -OCH3 is 2. The van der Waals surface area contributed by atoms with Crippen LogP contribution in [-0.2, 0) is 22.7 Å². The van der Waals surface area contributed by atoms with Crippen molar-refractivity contribution in [2.45, 2.75) is 13.2 Å². The van der Waals surface area contributed by atoms with Gasteiger partial charge in [0, 0.05) is 25.5 Å². The molecule has 106 valence electrons. The van der Waals surface area contributed by atoms with Gasteiger partial charge in [-0.1, -0.05) is 18.2 Å². The maximum Gasteiger partial charge on any atom is 0.291 e. The molecule has 0 aliphatic carbocycles. The first-order valence-corrected chi connectivity index (χ1v) is 6.20. The number of anilines is 1. The summed E-state index contributed by atoms with van der Waals surface area (Å²) in [5.74, 6) is 0.572. The molecule has 0 spiro atoms. The van der Waals surface area contributed by atoms with Crippen LogP contribution in [0.3, 0.4) is 0 Å². The number of furan rings is 1. The molecule has 1 heterocycles. The Balaban J connectivity index is 2.10. The van der Waals surface area contributed by atoms with Gasteiger partial charge in [0.25, 0.3) is 5.91 Å². The molecule has 20 heavy (non-hydrogen) atoms. The number of para-hydroxylation sites is 1. The highest BCUT2D eigenvalue weighted by Gasteiger charge is 2.13. The van der Waals surface area contributed by atoms with Crippen LogP contribution < -0.4 is 5.32 Å². The van der Waals surface area contributed by atoms with Crippen molar-refractivity contribution in [2.24, 2.45) is 0 Å². The molecule has 1 amide bonds. The lowest BCUT2D eigenvalue weighted by atomic mass is 10.2. The van der Waals surface area contributed by atoms with Crippen LogP contribution in [0, 0.1) is 0 Å². The Bertz CT molecular complexity index is 577. The average Bonchev–Trinajstić information content (AvgIpc) is 2.90. The highest BCUT2D eigenvalue weighted by molar-refractivity contribution is 6.02. The lowest BCUT2D eigenvalue weighted by Gasteiger charge is -2.09. The van der Waals surface area contributed by atoms with Crippen LogP contribution in [0.15, 0.2) is 40.8 Å². The highest BCUT2D eigenvalue weighted by Crippen LogP contribution is 2.18.